The van der Waals surface area contributed by atoms with Gasteiger partial charge in [-0.1, -0.05) is 30.3 Å². The molecule has 138 valence electrons. The van der Waals surface area contributed by atoms with Gasteiger partial charge in [-0.2, -0.15) is 5.10 Å². The van der Waals surface area contributed by atoms with Crippen LogP contribution < -0.4 is 5.56 Å². The molecule has 0 saturated heterocycles. The summed E-state index contributed by atoms with van der Waals surface area (Å²) in [7, 11) is 0. The number of carbonyl (C=O) groups is 1. The van der Waals surface area contributed by atoms with Crippen molar-refractivity contribution in [1.29, 1.82) is 0 Å². The molecular formula is C21H21N3O3. The second-order valence-corrected chi connectivity index (χ2v) is 6.80. The van der Waals surface area contributed by atoms with Crippen LogP contribution in [0.2, 0.25) is 0 Å². The van der Waals surface area contributed by atoms with E-state index < -0.39 is 0 Å². The normalized spacial score (nSPS) is 14.7. The Balaban J connectivity index is 1.59. The predicted octanol–water partition coefficient (Wildman–Crippen LogP) is 3.26. The molecule has 1 aliphatic rings. The van der Waals surface area contributed by atoms with Gasteiger partial charge in [-0.25, -0.2) is 4.68 Å². The maximum absolute atomic E-state index is 13.0. The first-order valence-electron chi connectivity index (χ1n) is 9.11. The number of aromatic nitrogens is 2. The number of hydrogen-bond acceptors (Lipinski definition) is 4. The van der Waals surface area contributed by atoms with Crippen LogP contribution in [0.25, 0.3) is 11.3 Å². The summed E-state index contributed by atoms with van der Waals surface area (Å²) in [5.74, 6) is 0.620. The molecule has 0 radical (unpaired) electrons. The molecule has 0 aliphatic heterocycles. The fourth-order valence-corrected chi connectivity index (χ4v) is 3.29. The van der Waals surface area contributed by atoms with Crippen molar-refractivity contribution in [3.05, 3.63) is 77.0 Å². The van der Waals surface area contributed by atoms with Gasteiger partial charge in [-0.05, 0) is 38.0 Å². The van der Waals surface area contributed by atoms with Gasteiger partial charge in [0.15, 0.2) is 0 Å². The molecule has 0 unspecified atom stereocenters. The van der Waals surface area contributed by atoms with Crippen LogP contribution in [-0.2, 0) is 11.3 Å². The largest absolute Gasteiger partial charge is 0.467 e. The SMILES string of the molecule is C[C@H](c1ccco1)N(C(=O)Cn1nc(-c2ccccc2)ccc1=O)C1CC1. The summed E-state index contributed by atoms with van der Waals surface area (Å²) in [4.78, 5) is 27.1. The van der Waals surface area contributed by atoms with E-state index in [9.17, 15) is 9.59 Å². The number of hydrogen-bond donors (Lipinski definition) is 0. The number of amides is 1. The van der Waals surface area contributed by atoms with Gasteiger partial charge in [0.1, 0.15) is 12.3 Å². The molecule has 6 heteroatoms. The maximum atomic E-state index is 13.0. The molecule has 0 N–H and O–H groups in total. The maximum Gasteiger partial charge on any atom is 0.267 e. The van der Waals surface area contributed by atoms with Gasteiger partial charge in [-0.15, -0.1) is 0 Å². The summed E-state index contributed by atoms with van der Waals surface area (Å²) >= 11 is 0. The third-order valence-electron chi connectivity index (χ3n) is 4.82. The first-order valence-corrected chi connectivity index (χ1v) is 9.11. The van der Waals surface area contributed by atoms with Gasteiger partial charge < -0.3 is 9.32 Å². The van der Waals surface area contributed by atoms with E-state index in [0.29, 0.717) is 5.69 Å². The molecular weight excluding hydrogens is 342 g/mol. The third-order valence-corrected chi connectivity index (χ3v) is 4.82. The topological polar surface area (TPSA) is 68.3 Å². The molecule has 1 fully saturated rings. The molecule has 1 saturated carbocycles. The summed E-state index contributed by atoms with van der Waals surface area (Å²) in [5, 5.41) is 4.40. The minimum Gasteiger partial charge on any atom is -0.467 e. The second-order valence-electron chi connectivity index (χ2n) is 6.80. The first-order chi connectivity index (χ1) is 13.1. The average molecular weight is 363 g/mol. The lowest BCUT2D eigenvalue weighted by molar-refractivity contribution is -0.135. The van der Waals surface area contributed by atoms with Crippen LogP contribution in [0.4, 0.5) is 0 Å². The first kappa shape index (κ1) is 17.3. The Morgan fingerprint density at radius 3 is 2.63 bits per heavy atom. The molecule has 6 nitrogen and oxygen atoms in total. The molecule has 1 atom stereocenters. The van der Waals surface area contributed by atoms with Crippen LogP contribution in [0.3, 0.4) is 0 Å². The lowest BCUT2D eigenvalue weighted by atomic mass is 10.1. The Morgan fingerprint density at radius 2 is 1.96 bits per heavy atom. The average Bonchev–Trinajstić information content (AvgIpc) is 3.35. The molecule has 2 heterocycles. The highest BCUT2D eigenvalue weighted by Crippen LogP contribution is 2.34. The molecule has 27 heavy (non-hydrogen) atoms. The van der Waals surface area contributed by atoms with Crippen LogP contribution in [0.5, 0.6) is 0 Å². The molecule has 2 aromatic heterocycles. The monoisotopic (exact) mass is 363 g/mol. The van der Waals surface area contributed by atoms with E-state index in [1.54, 1.807) is 12.3 Å². The molecule has 4 rings (SSSR count). The van der Waals surface area contributed by atoms with Gasteiger partial charge in [0.05, 0.1) is 18.0 Å². The van der Waals surface area contributed by atoms with Crippen molar-refractivity contribution in [2.75, 3.05) is 0 Å². The van der Waals surface area contributed by atoms with Crippen molar-refractivity contribution < 1.29 is 9.21 Å². The highest BCUT2D eigenvalue weighted by Gasteiger charge is 2.37. The lowest BCUT2D eigenvalue weighted by Gasteiger charge is -2.28. The third kappa shape index (κ3) is 3.69. The highest BCUT2D eigenvalue weighted by atomic mass is 16.3. The van der Waals surface area contributed by atoms with E-state index in [1.165, 1.54) is 10.7 Å². The zero-order chi connectivity index (χ0) is 18.8. The van der Waals surface area contributed by atoms with Crippen LogP contribution in [-0.4, -0.2) is 26.6 Å². The molecule has 3 aromatic rings. The Kier molecular flexibility index (Phi) is 4.62. The molecule has 0 bridgehead atoms. The second kappa shape index (κ2) is 7.23. The molecule has 0 spiro atoms. The summed E-state index contributed by atoms with van der Waals surface area (Å²) in [6.07, 6.45) is 3.56. The Bertz CT molecular complexity index is 975. The molecule has 1 aliphatic carbocycles. The van der Waals surface area contributed by atoms with Crippen molar-refractivity contribution in [2.45, 2.75) is 38.4 Å². The van der Waals surface area contributed by atoms with E-state index in [2.05, 4.69) is 5.10 Å². The van der Waals surface area contributed by atoms with Gasteiger partial charge in [0.25, 0.3) is 5.56 Å². The fraction of sp³-hybridized carbons (Fsp3) is 0.286. The molecule has 1 aromatic carbocycles. The van der Waals surface area contributed by atoms with Crippen LogP contribution in [0.15, 0.2) is 70.1 Å². The standard InChI is InChI=1S/C21H21N3O3/c1-15(19-8-5-13-27-19)24(17-9-10-17)21(26)14-23-20(25)12-11-18(22-23)16-6-3-2-4-7-16/h2-8,11-13,15,17H,9-10,14H2,1H3/t15-/m1/s1. The zero-order valence-electron chi connectivity index (χ0n) is 15.1. The number of benzene rings is 1. The Morgan fingerprint density at radius 1 is 1.19 bits per heavy atom. The number of furan rings is 1. The fourth-order valence-electron chi connectivity index (χ4n) is 3.29. The smallest absolute Gasteiger partial charge is 0.267 e. The van der Waals surface area contributed by atoms with E-state index in [-0.39, 0.29) is 30.1 Å². The van der Waals surface area contributed by atoms with Crippen LogP contribution in [0, 0.1) is 0 Å². The van der Waals surface area contributed by atoms with E-state index in [4.69, 9.17) is 4.42 Å². The molecule has 1 amide bonds. The number of nitrogens with zero attached hydrogens (tertiary/aromatic N) is 3. The quantitative estimate of drug-likeness (QED) is 0.674. The van der Waals surface area contributed by atoms with Crippen molar-refractivity contribution in [3.8, 4) is 11.3 Å². The number of carbonyl (C=O) groups excluding carboxylic acids is 1. The van der Waals surface area contributed by atoms with E-state index >= 15 is 0 Å². The van der Waals surface area contributed by atoms with Gasteiger partial charge in [0.2, 0.25) is 5.91 Å². The van der Waals surface area contributed by atoms with Crippen molar-refractivity contribution in [1.82, 2.24) is 14.7 Å². The summed E-state index contributed by atoms with van der Waals surface area (Å²) in [6, 6.07) is 16.5. The minimum absolute atomic E-state index is 0.0823. The Labute approximate surface area is 157 Å². The van der Waals surface area contributed by atoms with Crippen molar-refractivity contribution >= 4 is 5.91 Å². The summed E-state index contributed by atoms with van der Waals surface area (Å²) < 4.78 is 6.72. The van der Waals surface area contributed by atoms with Gasteiger partial charge in [0, 0.05) is 17.7 Å². The van der Waals surface area contributed by atoms with Crippen LogP contribution in [0.1, 0.15) is 31.6 Å². The highest BCUT2D eigenvalue weighted by molar-refractivity contribution is 5.77. The summed E-state index contributed by atoms with van der Waals surface area (Å²) in [5.41, 5.74) is 1.28. The Hall–Kier alpha value is -3.15. The predicted molar refractivity (Wildman–Crippen MR) is 101 cm³/mol. The van der Waals surface area contributed by atoms with Gasteiger partial charge >= 0.3 is 0 Å². The minimum atomic E-state index is -0.288. The summed E-state index contributed by atoms with van der Waals surface area (Å²) in [6.45, 7) is 1.87. The lowest BCUT2D eigenvalue weighted by Crippen LogP contribution is -2.40. The van der Waals surface area contributed by atoms with Gasteiger partial charge in [-0.3, -0.25) is 9.59 Å². The van der Waals surface area contributed by atoms with E-state index in [0.717, 1.165) is 24.2 Å². The van der Waals surface area contributed by atoms with Crippen molar-refractivity contribution in [2.24, 2.45) is 0 Å². The van der Waals surface area contributed by atoms with E-state index in [1.807, 2.05) is 54.3 Å². The van der Waals surface area contributed by atoms with Crippen molar-refractivity contribution in [3.63, 3.8) is 0 Å². The zero-order valence-corrected chi connectivity index (χ0v) is 15.1. The van der Waals surface area contributed by atoms with Crippen LogP contribution >= 0.6 is 0 Å². The number of rotatable bonds is 6.